The number of hydrogen-bond acceptors (Lipinski definition) is 7. The lowest BCUT2D eigenvalue weighted by molar-refractivity contribution is -0.205. The SMILES string of the molecule is CC1(C)O[C@@H]2CC3C4CC=C5CC(=O)C=CC5(C)[C@@]45O[C@H]5CC3(C)[C@]2(C(=O)SCO)O1. The molecule has 2 saturated carbocycles. The van der Waals surface area contributed by atoms with E-state index < -0.39 is 16.8 Å². The lowest BCUT2D eigenvalue weighted by Gasteiger charge is -2.55. The van der Waals surface area contributed by atoms with Gasteiger partial charge in [-0.1, -0.05) is 36.4 Å². The normalized spacial score (nSPS) is 53.1. The Labute approximate surface area is 186 Å². The van der Waals surface area contributed by atoms with Crippen LogP contribution in [0.15, 0.2) is 23.8 Å². The first kappa shape index (κ1) is 20.6. The minimum Gasteiger partial charge on any atom is -0.385 e. The summed E-state index contributed by atoms with van der Waals surface area (Å²) in [7, 11) is 0. The van der Waals surface area contributed by atoms with E-state index >= 15 is 0 Å². The Morgan fingerprint density at radius 1 is 1.19 bits per heavy atom. The van der Waals surface area contributed by atoms with Crippen molar-refractivity contribution in [2.45, 2.75) is 82.6 Å². The highest BCUT2D eigenvalue weighted by Gasteiger charge is 2.84. The lowest BCUT2D eigenvalue weighted by Crippen LogP contribution is -2.62. The molecule has 6 rings (SSSR count). The Hall–Kier alpha value is -0.990. The van der Waals surface area contributed by atoms with Gasteiger partial charge >= 0.3 is 0 Å². The highest BCUT2D eigenvalue weighted by atomic mass is 32.2. The van der Waals surface area contributed by atoms with Crippen LogP contribution in [0, 0.1) is 22.7 Å². The number of ether oxygens (including phenoxy) is 3. The number of fused-ring (bicyclic) bond motifs is 5. The topological polar surface area (TPSA) is 85.4 Å². The number of thioether (sulfide) groups is 1. The van der Waals surface area contributed by atoms with Crippen molar-refractivity contribution in [3.8, 4) is 0 Å². The molecule has 2 heterocycles. The molecule has 0 aromatic carbocycles. The van der Waals surface area contributed by atoms with Crippen molar-refractivity contribution in [1.29, 1.82) is 0 Å². The van der Waals surface area contributed by atoms with E-state index in [1.807, 2.05) is 13.8 Å². The fourth-order valence-electron chi connectivity index (χ4n) is 8.17. The predicted molar refractivity (Wildman–Crippen MR) is 114 cm³/mol. The summed E-state index contributed by atoms with van der Waals surface area (Å²) in [6.07, 6.45) is 8.48. The zero-order valence-corrected chi connectivity index (χ0v) is 19.3. The van der Waals surface area contributed by atoms with Crippen LogP contribution in [0.1, 0.15) is 53.4 Å². The van der Waals surface area contributed by atoms with E-state index in [-0.39, 0.29) is 51.9 Å². The van der Waals surface area contributed by atoms with Gasteiger partial charge < -0.3 is 19.3 Å². The van der Waals surface area contributed by atoms with Gasteiger partial charge in [0.05, 0.1) is 18.1 Å². The Morgan fingerprint density at radius 2 is 1.97 bits per heavy atom. The first-order chi connectivity index (χ1) is 14.5. The third-order valence-electron chi connectivity index (χ3n) is 9.39. The molecule has 4 unspecified atom stereocenters. The third kappa shape index (κ3) is 2.20. The van der Waals surface area contributed by atoms with Crippen molar-refractivity contribution in [2.75, 3.05) is 5.94 Å². The summed E-state index contributed by atoms with van der Waals surface area (Å²) in [5.74, 6) is -0.541. The van der Waals surface area contributed by atoms with E-state index in [2.05, 4.69) is 26.0 Å². The van der Waals surface area contributed by atoms with E-state index in [1.54, 1.807) is 6.08 Å². The Morgan fingerprint density at radius 3 is 2.71 bits per heavy atom. The number of aliphatic hydroxyl groups is 1. The maximum atomic E-state index is 13.5. The number of aliphatic hydroxyl groups excluding tert-OH is 1. The van der Waals surface area contributed by atoms with Gasteiger partial charge in [-0.3, -0.25) is 9.59 Å². The van der Waals surface area contributed by atoms with Gasteiger partial charge in [-0.05, 0) is 57.9 Å². The van der Waals surface area contributed by atoms with Gasteiger partial charge in [0.15, 0.2) is 17.2 Å². The van der Waals surface area contributed by atoms with Gasteiger partial charge in [-0.2, -0.15) is 0 Å². The number of carbonyl (C=O) groups excluding carboxylic acids is 2. The van der Waals surface area contributed by atoms with E-state index in [9.17, 15) is 14.7 Å². The molecule has 6 aliphatic rings. The summed E-state index contributed by atoms with van der Waals surface area (Å²) >= 11 is 0.921. The minimum atomic E-state index is -1.09. The first-order valence-electron chi connectivity index (χ1n) is 11.3. The van der Waals surface area contributed by atoms with E-state index in [1.165, 1.54) is 5.57 Å². The van der Waals surface area contributed by atoms with Gasteiger partial charge in [0, 0.05) is 17.3 Å². The summed E-state index contributed by atoms with van der Waals surface area (Å²) in [5, 5.41) is 9.40. The van der Waals surface area contributed by atoms with Crippen LogP contribution in [0.4, 0.5) is 0 Å². The molecule has 1 N–H and O–H groups in total. The van der Waals surface area contributed by atoms with Crippen LogP contribution in [0.5, 0.6) is 0 Å². The van der Waals surface area contributed by atoms with Gasteiger partial charge in [0.2, 0.25) is 5.12 Å². The largest absolute Gasteiger partial charge is 0.385 e. The number of epoxide rings is 1. The molecule has 0 aromatic rings. The molecule has 0 aromatic heterocycles. The predicted octanol–water partition coefficient (Wildman–Crippen LogP) is 3.14. The second-order valence-electron chi connectivity index (χ2n) is 11.0. The molecule has 31 heavy (non-hydrogen) atoms. The smallest absolute Gasteiger partial charge is 0.226 e. The third-order valence-corrected chi connectivity index (χ3v) is 10.1. The molecule has 0 amide bonds. The monoisotopic (exact) mass is 446 g/mol. The molecule has 4 fully saturated rings. The van der Waals surface area contributed by atoms with Gasteiger partial charge in [0.25, 0.3) is 0 Å². The van der Waals surface area contributed by atoms with Crippen LogP contribution >= 0.6 is 11.8 Å². The van der Waals surface area contributed by atoms with Crippen LogP contribution < -0.4 is 0 Å². The maximum Gasteiger partial charge on any atom is 0.226 e. The second-order valence-corrected chi connectivity index (χ2v) is 11.9. The van der Waals surface area contributed by atoms with Crippen LogP contribution in [-0.4, -0.2) is 51.1 Å². The molecule has 2 saturated heterocycles. The van der Waals surface area contributed by atoms with Crippen molar-refractivity contribution >= 4 is 22.7 Å². The van der Waals surface area contributed by atoms with E-state index in [0.29, 0.717) is 12.8 Å². The maximum absolute atomic E-state index is 13.5. The highest BCUT2D eigenvalue weighted by Crippen LogP contribution is 2.77. The molecule has 7 heteroatoms. The summed E-state index contributed by atoms with van der Waals surface area (Å²) in [6, 6.07) is 0. The lowest BCUT2D eigenvalue weighted by atomic mass is 9.47. The molecule has 8 atom stereocenters. The minimum absolute atomic E-state index is 0.0140. The number of hydrogen-bond donors (Lipinski definition) is 1. The standard InChI is InChI=1S/C24H30O6S/c1-20(2)28-17-10-16-15-6-5-13-9-14(26)7-8-21(13,3)23(15)18(29-23)11-22(16,4)24(17,30-20)19(27)31-12-25/h5,7-8,15-18,25H,6,9-12H2,1-4H3/t15?,16?,17-,18+,21?,22?,23-,24+/m1/s1. The van der Waals surface area contributed by atoms with E-state index in [4.69, 9.17) is 14.2 Å². The summed E-state index contributed by atoms with van der Waals surface area (Å²) in [5.41, 5.74) is -0.964. The van der Waals surface area contributed by atoms with Crippen molar-refractivity contribution in [3.05, 3.63) is 23.8 Å². The number of allylic oxidation sites excluding steroid dienone is 2. The molecule has 1 spiro atoms. The first-order valence-corrected chi connectivity index (χ1v) is 12.3. The fourth-order valence-corrected chi connectivity index (χ4v) is 8.91. The number of carbonyl (C=O) groups is 2. The average Bonchev–Trinajstić information content (AvgIpc) is 3.26. The van der Waals surface area contributed by atoms with Crippen LogP contribution in [0.2, 0.25) is 0 Å². The molecule has 0 radical (unpaired) electrons. The molecular formula is C24H30O6S. The molecule has 0 bridgehead atoms. The van der Waals surface area contributed by atoms with Crippen LogP contribution in [0.3, 0.4) is 0 Å². The number of rotatable bonds is 2. The molecule has 168 valence electrons. The van der Waals surface area contributed by atoms with Crippen LogP contribution in [0.25, 0.3) is 0 Å². The van der Waals surface area contributed by atoms with Crippen molar-refractivity contribution in [3.63, 3.8) is 0 Å². The van der Waals surface area contributed by atoms with E-state index in [0.717, 1.165) is 24.6 Å². The van der Waals surface area contributed by atoms with Gasteiger partial charge in [-0.25, -0.2) is 0 Å². The fraction of sp³-hybridized carbons (Fsp3) is 0.750. The molecule has 6 nitrogen and oxygen atoms in total. The zero-order chi connectivity index (χ0) is 22.0. The number of ketones is 1. The molecular weight excluding hydrogens is 416 g/mol. The van der Waals surface area contributed by atoms with Crippen molar-refractivity contribution in [1.82, 2.24) is 0 Å². The summed E-state index contributed by atoms with van der Waals surface area (Å²) in [6.45, 7) is 8.11. The quantitative estimate of drug-likeness (QED) is 0.396. The summed E-state index contributed by atoms with van der Waals surface area (Å²) < 4.78 is 19.4. The van der Waals surface area contributed by atoms with Crippen molar-refractivity contribution in [2.24, 2.45) is 22.7 Å². The highest BCUT2D eigenvalue weighted by molar-refractivity contribution is 8.13. The summed E-state index contributed by atoms with van der Waals surface area (Å²) in [4.78, 5) is 25.6. The molecule has 2 aliphatic heterocycles. The van der Waals surface area contributed by atoms with Gasteiger partial charge in [-0.15, -0.1) is 0 Å². The zero-order valence-electron chi connectivity index (χ0n) is 18.5. The second kappa shape index (κ2) is 5.92. The Balaban J connectivity index is 1.45. The van der Waals surface area contributed by atoms with Crippen molar-refractivity contribution < 1.29 is 28.9 Å². The van der Waals surface area contributed by atoms with Gasteiger partial charge in [0.1, 0.15) is 5.60 Å². The average molecular weight is 447 g/mol. The Kier molecular flexibility index (Phi) is 3.93. The Bertz CT molecular complexity index is 956. The van der Waals surface area contributed by atoms with Crippen LogP contribution in [-0.2, 0) is 23.8 Å². The molecule has 4 aliphatic carbocycles.